The van der Waals surface area contributed by atoms with Gasteiger partial charge < -0.3 is 10.1 Å². The van der Waals surface area contributed by atoms with E-state index >= 15 is 0 Å². The molecule has 0 saturated carbocycles. The lowest BCUT2D eigenvalue weighted by molar-refractivity contribution is -0.155. The molecular weight excluding hydrogens is 246 g/mol. The molecule has 0 aromatic carbocycles. The lowest BCUT2D eigenvalue weighted by Gasteiger charge is -2.27. The second kappa shape index (κ2) is 6.26. The van der Waals surface area contributed by atoms with Crippen LogP contribution in [0.4, 0.5) is 5.82 Å². The third-order valence-corrected chi connectivity index (χ3v) is 2.46. The zero-order valence-electron chi connectivity index (χ0n) is 11.6. The molecule has 1 N–H and O–H groups in total. The number of anilines is 1. The van der Waals surface area contributed by atoms with Gasteiger partial charge in [-0.1, -0.05) is 20.8 Å². The smallest absolute Gasteiger partial charge is 0.319 e. The van der Waals surface area contributed by atoms with E-state index in [0.29, 0.717) is 5.82 Å². The van der Waals surface area contributed by atoms with E-state index in [1.165, 1.54) is 18.6 Å². The molecule has 1 aromatic heterocycles. The molecule has 0 radical (unpaired) electrons. The van der Waals surface area contributed by atoms with E-state index in [-0.39, 0.29) is 6.61 Å². The molecule has 0 saturated heterocycles. The van der Waals surface area contributed by atoms with Crippen LogP contribution in [0.15, 0.2) is 18.6 Å². The summed E-state index contributed by atoms with van der Waals surface area (Å²) in [6.45, 7) is 7.38. The standard InChI is InChI=1S/C13H19N3O3/c1-5-19-12(18)10(13(2,3)4)11(17)16-9-8-14-6-7-15-9/h6-8,10H,5H2,1-4H3,(H,15,16,17). The number of carbonyl (C=O) groups excluding carboxylic acids is 2. The Morgan fingerprint density at radius 1 is 1.37 bits per heavy atom. The molecule has 0 bridgehead atoms. The average Bonchev–Trinajstić information content (AvgIpc) is 2.28. The fourth-order valence-electron chi connectivity index (χ4n) is 1.64. The van der Waals surface area contributed by atoms with Gasteiger partial charge in [-0.2, -0.15) is 0 Å². The first-order valence-electron chi connectivity index (χ1n) is 6.09. The van der Waals surface area contributed by atoms with Crippen molar-refractivity contribution >= 4 is 17.7 Å². The van der Waals surface area contributed by atoms with Gasteiger partial charge in [0.15, 0.2) is 5.82 Å². The van der Waals surface area contributed by atoms with Gasteiger partial charge in [-0.05, 0) is 12.3 Å². The zero-order valence-corrected chi connectivity index (χ0v) is 11.6. The van der Waals surface area contributed by atoms with Crippen LogP contribution < -0.4 is 5.32 Å². The molecule has 1 unspecified atom stereocenters. The molecule has 1 heterocycles. The van der Waals surface area contributed by atoms with Crippen molar-refractivity contribution in [3.05, 3.63) is 18.6 Å². The van der Waals surface area contributed by atoms with Crippen molar-refractivity contribution in [2.45, 2.75) is 27.7 Å². The highest BCUT2D eigenvalue weighted by molar-refractivity contribution is 6.05. The largest absolute Gasteiger partial charge is 0.465 e. The topological polar surface area (TPSA) is 81.2 Å². The van der Waals surface area contributed by atoms with Crippen LogP contribution in [0.3, 0.4) is 0 Å². The number of amides is 1. The van der Waals surface area contributed by atoms with Crippen molar-refractivity contribution in [1.29, 1.82) is 0 Å². The second-order valence-electron chi connectivity index (χ2n) is 5.13. The number of rotatable bonds is 4. The molecule has 1 rings (SSSR count). The number of carbonyl (C=O) groups is 2. The second-order valence-corrected chi connectivity index (χ2v) is 5.13. The number of esters is 1. The Kier molecular flexibility index (Phi) is 4.97. The van der Waals surface area contributed by atoms with E-state index in [4.69, 9.17) is 4.74 Å². The van der Waals surface area contributed by atoms with E-state index in [2.05, 4.69) is 15.3 Å². The van der Waals surface area contributed by atoms with Gasteiger partial charge in [0.1, 0.15) is 5.92 Å². The van der Waals surface area contributed by atoms with E-state index < -0.39 is 23.2 Å². The number of nitrogens with zero attached hydrogens (tertiary/aromatic N) is 2. The third-order valence-electron chi connectivity index (χ3n) is 2.46. The summed E-state index contributed by atoms with van der Waals surface area (Å²) in [5, 5.41) is 2.57. The molecular formula is C13H19N3O3. The van der Waals surface area contributed by atoms with Crippen LogP contribution in [0.2, 0.25) is 0 Å². The first kappa shape index (κ1) is 15.1. The van der Waals surface area contributed by atoms with Gasteiger partial charge in [0.25, 0.3) is 0 Å². The predicted molar refractivity (Wildman–Crippen MR) is 70.2 cm³/mol. The maximum atomic E-state index is 12.2. The summed E-state index contributed by atoms with van der Waals surface area (Å²) >= 11 is 0. The summed E-state index contributed by atoms with van der Waals surface area (Å²) in [5.74, 6) is -1.55. The van der Waals surface area contributed by atoms with Crippen LogP contribution in [-0.2, 0) is 14.3 Å². The summed E-state index contributed by atoms with van der Waals surface area (Å²) in [6.07, 6.45) is 4.39. The Labute approximate surface area is 112 Å². The van der Waals surface area contributed by atoms with Crippen LogP contribution >= 0.6 is 0 Å². The molecule has 1 atom stereocenters. The summed E-state index contributed by atoms with van der Waals surface area (Å²) in [5.41, 5.74) is -0.543. The molecule has 6 heteroatoms. The number of hydrogen-bond donors (Lipinski definition) is 1. The van der Waals surface area contributed by atoms with Gasteiger partial charge in [-0.25, -0.2) is 4.98 Å². The normalized spacial score (nSPS) is 12.6. The van der Waals surface area contributed by atoms with Gasteiger partial charge in [-0.3, -0.25) is 14.6 Å². The van der Waals surface area contributed by atoms with Crippen molar-refractivity contribution in [1.82, 2.24) is 9.97 Å². The lowest BCUT2D eigenvalue weighted by Crippen LogP contribution is -2.40. The Balaban J connectivity index is 2.87. The van der Waals surface area contributed by atoms with Crippen LogP contribution in [0.1, 0.15) is 27.7 Å². The van der Waals surface area contributed by atoms with Crippen LogP contribution in [0.5, 0.6) is 0 Å². The molecule has 6 nitrogen and oxygen atoms in total. The molecule has 0 fully saturated rings. The molecule has 0 aliphatic rings. The highest BCUT2D eigenvalue weighted by atomic mass is 16.5. The third kappa shape index (κ3) is 4.31. The molecule has 0 spiro atoms. The lowest BCUT2D eigenvalue weighted by atomic mass is 9.80. The predicted octanol–water partition coefficient (Wildman–Crippen LogP) is 1.64. The summed E-state index contributed by atoms with van der Waals surface area (Å²) < 4.78 is 4.95. The van der Waals surface area contributed by atoms with Crippen LogP contribution in [0.25, 0.3) is 0 Å². The molecule has 0 aliphatic carbocycles. The van der Waals surface area contributed by atoms with Crippen molar-refractivity contribution < 1.29 is 14.3 Å². The summed E-state index contributed by atoms with van der Waals surface area (Å²) in [4.78, 5) is 31.9. The molecule has 0 aliphatic heterocycles. The quantitative estimate of drug-likeness (QED) is 0.661. The minimum Gasteiger partial charge on any atom is -0.465 e. The highest BCUT2D eigenvalue weighted by Gasteiger charge is 2.39. The van der Waals surface area contributed by atoms with Crippen LogP contribution in [-0.4, -0.2) is 28.5 Å². The number of hydrogen-bond acceptors (Lipinski definition) is 5. The average molecular weight is 265 g/mol. The SMILES string of the molecule is CCOC(=O)C(C(=O)Nc1cnccn1)C(C)(C)C. The van der Waals surface area contributed by atoms with Crippen molar-refractivity contribution in [3.8, 4) is 0 Å². The van der Waals surface area contributed by atoms with Crippen molar-refractivity contribution in [2.24, 2.45) is 11.3 Å². The maximum absolute atomic E-state index is 12.2. The molecule has 1 aromatic rings. The summed E-state index contributed by atoms with van der Waals surface area (Å²) in [6, 6.07) is 0. The monoisotopic (exact) mass is 265 g/mol. The minimum absolute atomic E-state index is 0.240. The Morgan fingerprint density at radius 3 is 2.53 bits per heavy atom. The van der Waals surface area contributed by atoms with E-state index in [1.54, 1.807) is 6.92 Å². The van der Waals surface area contributed by atoms with Gasteiger partial charge in [0, 0.05) is 12.4 Å². The minimum atomic E-state index is -0.894. The number of aromatic nitrogens is 2. The molecule has 19 heavy (non-hydrogen) atoms. The summed E-state index contributed by atoms with van der Waals surface area (Å²) in [7, 11) is 0. The number of nitrogens with one attached hydrogen (secondary N) is 1. The first-order chi connectivity index (χ1) is 8.86. The Bertz CT molecular complexity index is 440. The van der Waals surface area contributed by atoms with Crippen LogP contribution in [0, 0.1) is 11.3 Å². The number of ether oxygens (including phenoxy) is 1. The van der Waals surface area contributed by atoms with Crippen molar-refractivity contribution in [3.63, 3.8) is 0 Å². The highest BCUT2D eigenvalue weighted by Crippen LogP contribution is 2.28. The first-order valence-corrected chi connectivity index (χ1v) is 6.09. The molecule has 1 amide bonds. The van der Waals surface area contributed by atoms with Crippen molar-refractivity contribution in [2.75, 3.05) is 11.9 Å². The van der Waals surface area contributed by atoms with E-state index in [0.717, 1.165) is 0 Å². The van der Waals surface area contributed by atoms with E-state index in [9.17, 15) is 9.59 Å². The van der Waals surface area contributed by atoms with Gasteiger partial charge in [0.05, 0.1) is 12.8 Å². The molecule has 104 valence electrons. The van der Waals surface area contributed by atoms with Gasteiger partial charge in [-0.15, -0.1) is 0 Å². The van der Waals surface area contributed by atoms with Gasteiger partial charge >= 0.3 is 5.97 Å². The van der Waals surface area contributed by atoms with Gasteiger partial charge in [0.2, 0.25) is 5.91 Å². The maximum Gasteiger partial charge on any atom is 0.319 e. The zero-order chi connectivity index (χ0) is 14.5. The Hall–Kier alpha value is -1.98. The van der Waals surface area contributed by atoms with E-state index in [1.807, 2.05) is 20.8 Å². The fourth-order valence-corrected chi connectivity index (χ4v) is 1.64. The Morgan fingerprint density at radius 2 is 2.05 bits per heavy atom. The fraction of sp³-hybridized carbons (Fsp3) is 0.538.